The van der Waals surface area contributed by atoms with Gasteiger partial charge in [0.1, 0.15) is 0 Å². The van der Waals surface area contributed by atoms with Crippen LogP contribution in [0, 0.1) is 5.92 Å². The number of carboxylic acid groups (broad SMARTS) is 1. The minimum Gasteiger partial charge on any atom is -0.481 e. The van der Waals surface area contributed by atoms with E-state index in [9.17, 15) is 9.59 Å². The van der Waals surface area contributed by atoms with Gasteiger partial charge in [-0.15, -0.1) is 0 Å². The third-order valence-electron chi connectivity index (χ3n) is 2.38. The highest BCUT2D eigenvalue weighted by atomic mass is 16.4. The van der Waals surface area contributed by atoms with Crippen molar-refractivity contribution < 1.29 is 14.7 Å². The minimum atomic E-state index is -0.822. The fourth-order valence-electron chi connectivity index (χ4n) is 1.63. The second-order valence-corrected chi connectivity index (χ2v) is 3.93. The number of hydrazine groups is 1. The van der Waals surface area contributed by atoms with Crippen LogP contribution in [-0.4, -0.2) is 54.2 Å². The van der Waals surface area contributed by atoms with E-state index in [1.54, 1.807) is 24.0 Å². The second kappa shape index (κ2) is 4.97. The fraction of sp³-hybridized carbons (Fsp3) is 0.778. The summed E-state index contributed by atoms with van der Waals surface area (Å²) in [4.78, 5) is 23.9. The molecule has 6 heteroatoms. The van der Waals surface area contributed by atoms with E-state index in [1.807, 2.05) is 0 Å². The Kier molecular flexibility index (Phi) is 3.90. The van der Waals surface area contributed by atoms with Gasteiger partial charge in [0.05, 0.1) is 5.92 Å². The number of piperidine rings is 1. The molecule has 1 saturated heterocycles. The predicted octanol–water partition coefficient (Wildman–Crippen LogP) is -0.0308. The predicted molar refractivity (Wildman–Crippen MR) is 54.2 cm³/mol. The van der Waals surface area contributed by atoms with Crippen LogP contribution in [0.4, 0.5) is 4.79 Å². The summed E-state index contributed by atoms with van der Waals surface area (Å²) in [7, 11) is 3.44. The van der Waals surface area contributed by atoms with E-state index in [4.69, 9.17) is 5.11 Å². The lowest BCUT2D eigenvalue weighted by atomic mass is 9.99. The lowest BCUT2D eigenvalue weighted by Gasteiger charge is -2.31. The Hall–Kier alpha value is -1.30. The van der Waals surface area contributed by atoms with Crippen molar-refractivity contribution >= 4 is 12.0 Å². The van der Waals surface area contributed by atoms with Gasteiger partial charge < -0.3 is 10.0 Å². The summed E-state index contributed by atoms with van der Waals surface area (Å²) >= 11 is 0. The molecular formula is C9H17N3O3. The van der Waals surface area contributed by atoms with Crippen LogP contribution in [0.3, 0.4) is 0 Å². The van der Waals surface area contributed by atoms with Crippen LogP contribution in [0.5, 0.6) is 0 Å². The number of rotatable bonds is 2. The second-order valence-electron chi connectivity index (χ2n) is 3.93. The quantitative estimate of drug-likeness (QED) is 0.634. The molecule has 0 bridgehead atoms. The van der Waals surface area contributed by atoms with Gasteiger partial charge in [0.2, 0.25) is 0 Å². The van der Waals surface area contributed by atoms with Gasteiger partial charge in [0.15, 0.2) is 0 Å². The summed E-state index contributed by atoms with van der Waals surface area (Å²) in [6.07, 6.45) is 1.40. The van der Waals surface area contributed by atoms with E-state index in [0.717, 1.165) is 6.42 Å². The highest BCUT2D eigenvalue weighted by Crippen LogP contribution is 2.16. The molecule has 1 aliphatic rings. The zero-order valence-electron chi connectivity index (χ0n) is 9.06. The molecule has 1 aliphatic heterocycles. The van der Waals surface area contributed by atoms with Crippen molar-refractivity contribution in [1.82, 2.24) is 15.3 Å². The number of amides is 2. The molecule has 0 aromatic heterocycles. The zero-order valence-corrected chi connectivity index (χ0v) is 9.06. The molecule has 1 unspecified atom stereocenters. The number of carbonyl (C=O) groups excluding carboxylic acids is 1. The Bertz CT molecular complexity index is 255. The summed E-state index contributed by atoms with van der Waals surface area (Å²) in [6.45, 7) is 0.929. The number of aliphatic carboxylic acids is 1. The molecular weight excluding hydrogens is 198 g/mol. The number of hydrogen-bond donors (Lipinski definition) is 2. The van der Waals surface area contributed by atoms with Gasteiger partial charge in [0, 0.05) is 27.2 Å². The molecule has 1 fully saturated rings. The minimum absolute atomic E-state index is 0.231. The maximum absolute atomic E-state index is 11.6. The van der Waals surface area contributed by atoms with E-state index in [2.05, 4.69) is 5.43 Å². The average molecular weight is 215 g/mol. The number of likely N-dealkylation sites (tertiary alicyclic amines) is 1. The van der Waals surface area contributed by atoms with Crippen molar-refractivity contribution in [3.8, 4) is 0 Å². The molecule has 6 nitrogen and oxygen atoms in total. The van der Waals surface area contributed by atoms with Gasteiger partial charge in [-0.3, -0.25) is 10.2 Å². The smallest absolute Gasteiger partial charge is 0.331 e. The normalized spacial score (nSPS) is 21.5. The molecule has 0 spiro atoms. The SMILES string of the molecule is CN(C)NC(=O)N1CCCC(C(=O)O)C1. The van der Waals surface area contributed by atoms with E-state index in [1.165, 1.54) is 0 Å². The van der Waals surface area contributed by atoms with Crippen LogP contribution in [0.25, 0.3) is 0 Å². The van der Waals surface area contributed by atoms with Crippen molar-refractivity contribution in [1.29, 1.82) is 0 Å². The fourth-order valence-corrected chi connectivity index (χ4v) is 1.63. The Balaban J connectivity index is 2.48. The van der Waals surface area contributed by atoms with Crippen molar-refractivity contribution in [2.24, 2.45) is 5.92 Å². The van der Waals surface area contributed by atoms with E-state index >= 15 is 0 Å². The van der Waals surface area contributed by atoms with Crippen LogP contribution in [-0.2, 0) is 4.79 Å². The number of hydrogen-bond acceptors (Lipinski definition) is 3. The number of carboxylic acids is 1. The van der Waals surface area contributed by atoms with Gasteiger partial charge in [-0.25, -0.2) is 9.80 Å². The van der Waals surface area contributed by atoms with Gasteiger partial charge in [0.25, 0.3) is 0 Å². The molecule has 2 amide bonds. The number of urea groups is 1. The molecule has 0 aliphatic carbocycles. The Labute approximate surface area is 88.8 Å². The van der Waals surface area contributed by atoms with Crippen molar-refractivity contribution in [3.05, 3.63) is 0 Å². The Morgan fingerprint density at radius 3 is 2.67 bits per heavy atom. The molecule has 1 heterocycles. The van der Waals surface area contributed by atoms with Gasteiger partial charge in [-0.2, -0.15) is 0 Å². The van der Waals surface area contributed by atoms with Gasteiger partial charge in [-0.1, -0.05) is 0 Å². The van der Waals surface area contributed by atoms with Crippen molar-refractivity contribution in [2.75, 3.05) is 27.2 Å². The van der Waals surface area contributed by atoms with Gasteiger partial charge in [-0.05, 0) is 12.8 Å². The van der Waals surface area contributed by atoms with E-state index in [-0.39, 0.29) is 6.03 Å². The van der Waals surface area contributed by atoms with Crippen molar-refractivity contribution in [3.63, 3.8) is 0 Å². The average Bonchev–Trinajstić information content (AvgIpc) is 2.17. The van der Waals surface area contributed by atoms with Crippen molar-refractivity contribution in [2.45, 2.75) is 12.8 Å². The highest BCUT2D eigenvalue weighted by Gasteiger charge is 2.28. The number of nitrogens with zero attached hydrogens (tertiary/aromatic N) is 2. The van der Waals surface area contributed by atoms with Crippen LogP contribution < -0.4 is 5.43 Å². The third kappa shape index (κ3) is 3.39. The lowest BCUT2D eigenvalue weighted by Crippen LogP contribution is -2.50. The number of carbonyl (C=O) groups is 2. The Morgan fingerprint density at radius 2 is 2.13 bits per heavy atom. The van der Waals surface area contributed by atoms with Gasteiger partial charge >= 0.3 is 12.0 Å². The lowest BCUT2D eigenvalue weighted by molar-refractivity contribution is -0.143. The molecule has 86 valence electrons. The summed E-state index contributed by atoms with van der Waals surface area (Å²) in [5.74, 6) is -1.25. The first kappa shape index (κ1) is 11.8. The maximum Gasteiger partial charge on any atom is 0.331 e. The van der Waals surface area contributed by atoms with E-state index < -0.39 is 11.9 Å². The van der Waals surface area contributed by atoms with Crippen LogP contribution in [0.15, 0.2) is 0 Å². The first-order valence-corrected chi connectivity index (χ1v) is 4.96. The molecule has 15 heavy (non-hydrogen) atoms. The first-order valence-electron chi connectivity index (χ1n) is 4.96. The van der Waals surface area contributed by atoms with E-state index in [0.29, 0.717) is 19.5 Å². The standard InChI is InChI=1S/C9H17N3O3/c1-11(2)10-9(15)12-5-3-4-7(6-12)8(13)14/h7H,3-6H2,1-2H3,(H,10,15)(H,13,14). The molecule has 0 saturated carbocycles. The monoisotopic (exact) mass is 215 g/mol. The molecule has 1 rings (SSSR count). The molecule has 0 aromatic carbocycles. The summed E-state index contributed by atoms with van der Waals surface area (Å²) < 4.78 is 0. The first-order chi connectivity index (χ1) is 7.00. The third-order valence-corrected chi connectivity index (χ3v) is 2.38. The molecule has 1 atom stereocenters. The Morgan fingerprint density at radius 1 is 1.47 bits per heavy atom. The maximum atomic E-state index is 11.6. The summed E-state index contributed by atoms with van der Waals surface area (Å²) in [5, 5.41) is 10.4. The molecule has 0 aromatic rings. The highest BCUT2D eigenvalue weighted by molar-refractivity contribution is 5.76. The summed E-state index contributed by atoms with van der Waals surface area (Å²) in [5.41, 5.74) is 2.60. The van der Waals surface area contributed by atoms with Crippen LogP contribution >= 0.6 is 0 Å². The zero-order chi connectivity index (χ0) is 11.4. The topological polar surface area (TPSA) is 72.9 Å². The summed E-state index contributed by atoms with van der Waals surface area (Å²) in [6, 6.07) is -0.231. The molecule has 0 radical (unpaired) electrons. The largest absolute Gasteiger partial charge is 0.481 e. The number of nitrogens with one attached hydrogen (secondary N) is 1. The van der Waals surface area contributed by atoms with Crippen LogP contribution in [0.2, 0.25) is 0 Å². The van der Waals surface area contributed by atoms with Crippen LogP contribution in [0.1, 0.15) is 12.8 Å². The molecule has 2 N–H and O–H groups in total.